The average Bonchev–Trinajstić information content (AvgIpc) is 2.58. The highest BCUT2D eigenvalue weighted by molar-refractivity contribution is 5.76. The second-order valence-electron chi connectivity index (χ2n) is 5.45. The van der Waals surface area contributed by atoms with Crippen molar-refractivity contribution in [2.24, 2.45) is 0 Å². The van der Waals surface area contributed by atoms with Gasteiger partial charge in [-0.2, -0.15) is 0 Å². The van der Waals surface area contributed by atoms with Gasteiger partial charge in [0.2, 0.25) is 11.8 Å². The molecule has 1 aliphatic rings. The van der Waals surface area contributed by atoms with Gasteiger partial charge in [-0.25, -0.2) is 4.98 Å². The average molecular weight is 320 g/mol. The molecule has 126 valence electrons. The van der Waals surface area contributed by atoms with Crippen LogP contribution in [0.15, 0.2) is 18.3 Å². The first-order chi connectivity index (χ1) is 11.2. The Morgan fingerprint density at radius 1 is 1.30 bits per heavy atom. The van der Waals surface area contributed by atoms with E-state index in [1.54, 1.807) is 6.20 Å². The van der Waals surface area contributed by atoms with Crippen LogP contribution >= 0.6 is 0 Å². The van der Waals surface area contributed by atoms with Gasteiger partial charge in [-0.3, -0.25) is 9.59 Å². The van der Waals surface area contributed by atoms with Crippen LogP contribution in [-0.4, -0.2) is 49.6 Å². The van der Waals surface area contributed by atoms with Crippen LogP contribution in [-0.2, 0) is 20.9 Å². The summed E-state index contributed by atoms with van der Waals surface area (Å²) in [5, 5.41) is 5.60. The van der Waals surface area contributed by atoms with Gasteiger partial charge < -0.3 is 20.3 Å². The number of ether oxygens (including phenoxy) is 1. The molecule has 0 radical (unpaired) electrons. The number of amides is 2. The molecule has 2 heterocycles. The Labute approximate surface area is 136 Å². The molecule has 0 atom stereocenters. The van der Waals surface area contributed by atoms with Crippen molar-refractivity contribution in [1.29, 1.82) is 0 Å². The quantitative estimate of drug-likeness (QED) is 0.713. The zero-order chi connectivity index (χ0) is 16.5. The third kappa shape index (κ3) is 5.86. The Hall–Kier alpha value is -2.15. The van der Waals surface area contributed by atoms with Crippen molar-refractivity contribution in [2.45, 2.75) is 26.3 Å². The fraction of sp³-hybridized carbons (Fsp3) is 0.562. The summed E-state index contributed by atoms with van der Waals surface area (Å²) in [6.45, 7) is 5.48. The first-order valence-corrected chi connectivity index (χ1v) is 7.94. The van der Waals surface area contributed by atoms with Gasteiger partial charge in [-0.1, -0.05) is 6.07 Å². The molecule has 0 aromatic carbocycles. The number of rotatable bonds is 7. The molecule has 1 aliphatic heterocycles. The molecule has 0 saturated carbocycles. The summed E-state index contributed by atoms with van der Waals surface area (Å²) in [7, 11) is 0. The van der Waals surface area contributed by atoms with Gasteiger partial charge in [0.1, 0.15) is 5.82 Å². The van der Waals surface area contributed by atoms with Gasteiger partial charge in [0.05, 0.1) is 13.2 Å². The maximum atomic E-state index is 11.9. The van der Waals surface area contributed by atoms with Crippen molar-refractivity contribution in [3.05, 3.63) is 23.9 Å². The highest BCUT2D eigenvalue weighted by Gasteiger charge is 2.16. The van der Waals surface area contributed by atoms with E-state index < -0.39 is 0 Å². The number of nitrogens with zero attached hydrogens (tertiary/aromatic N) is 2. The van der Waals surface area contributed by atoms with Crippen LogP contribution in [0.5, 0.6) is 0 Å². The number of nitrogens with one attached hydrogen (secondary N) is 2. The molecule has 2 amide bonds. The number of anilines is 1. The summed E-state index contributed by atoms with van der Waals surface area (Å²) < 4.78 is 5.36. The van der Waals surface area contributed by atoms with Crippen LogP contribution in [0.1, 0.15) is 25.3 Å². The van der Waals surface area contributed by atoms with E-state index in [-0.39, 0.29) is 11.8 Å². The molecule has 7 heteroatoms. The van der Waals surface area contributed by atoms with Crippen LogP contribution in [0.2, 0.25) is 0 Å². The van der Waals surface area contributed by atoms with E-state index in [4.69, 9.17) is 4.74 Å². The van der Waals surface area contributed by atoms with Crippen LogP contribution in [0, 0.1) is 0 Å². The zero-order valence-electron chi connectivity index (χ0n) is 13.5. The van der Waals surface area contributed by atoms with Gasteiger partial charge in [-0.15, -0.1) is 0 Å². The summed E-state index contributed by atoms with van der Waals surface area (Å²) >= 11 is 0. The predicted molar refractivity (Wildman–Crippen MR) is 87.0 cm³/mol. The summed E-state index contributed by atoms with van der Waals surface area (Å²) in [6.07, 6.45) is 2.80. The van der Waals surface area contributed by atoms with E-state index >= 15 is 0 Å². The zero-order valence-corrected chi connectivity index (χ0v) is 13.5. The van der Waals surface area contributed by atoms with Crippen molar-refractivity contribution >= 4 is 17.6 Å². The Balaban J connectivity index is 1.80. The summed E-state index contributed by atoms with van der Waals surface area (Å²) in [5.41, 5.74) is 1.00. The minimum atomic E-state index is -0.0732. The molecule has 1 aromatic heterocycles. The molecule has 0 aliphatic carbocycles. The second-order valence-corrected chi connectivity index (χ2v) is 5.45. The number of hydrogen-bond donors (Lipinski definition) is 2. The standard InChI is InChI=1S/C16H24N4O3/c1-13(21)17-6-3-5-15(22)19-12-14-4-2-7-18-16(14)20-8-10-23-11-9-20/h2,4,7H,3,5-6,8-12H2,1H3,(H,17,21)(H,19,22). The molecule has 2 N–H and O–H groups in total. The molecule has 0 spiro atoms. The predicted octanol–water partition coefficient (Wildman–Crippen LogP) is 0.451. The lowest BCUT2D eigenvalue weighted by molar-refractivity contribution is -0.122. The van der Waals surface area contributed by atoms with Crippen LogP contribution in [0.25, 0.3) is 0 Å². The number of pyridine rings is 1. The Bertz CT molecular complexity index is 530. The molecule has 0 unspecified atom stereocenters. The van der Waals surface area contributed by atoms with Crippen LogP contribution < -0.4 is 15.5 Å². The van der Waals surface area contributed by atoms with E-state index in [1.165, 1.54) is 6.92 Å². The summed E-state index contributed by atoms with van der Waals surface area (Å²) in [4.78, 5) is 29.3. The van der Waals surface area contributed by atoms with Crippen LogP contribution in [0.4, 0.5) is 5.82 Å². The number of carbonyl (C=O) groups excluding carboxylic acids is 2. The number of hydrogen-bond acceptors (Lipinski definition) is 5. The SMILES string of the molecule is CC(=O)NCCCC(=O)NCc1cccnc1N1CCOCC1. The first kappa shape index (κ1) is 17.2. The van der Waals surface area contributed by atoms with Crippen molar-refractivity contribution in [1.82, 2.24) is 15.6 Å². The maximum Gasteiger partial charge on any atom is 0.220 e. The fourth-order valence-corrected chi connectivity index (χ4v) is 2.42. The smallest absolute Gasteiger partial charge is 0.220 e. The minimum absolute atomic E-state index is 0.0212. The number of aromatic nitrogens is 1. The largest absolute Gasteiger partial charge is 0.378 e. The van der Waals surface area contributed by atoms with Crippen molar-refractivity contribution in [3.63, 3.8) is 0 Å². The molecule has 23 heavy (non-hydrogen) atoms. The molecule has 2 rings (SSSR count). The van der Waals surface area contributed by atoms with Gasteiger partial charge >= 0.3 is 0 Å². The molecular formula is C16H24N4O3. The van der Waals surface area contributed by atoms with E-state index in [0.717, 1.165) is 24.5 Å². The van der Waals surface area contributed by atoms with Crippen molar-refractivity contribution in [2.75, 3.05) is 37.7 Å². The lowest BCUT2D eigenvalue weighted by Crippen LogP contribution is -2.37. The molecular weight excluding hydrogens is 296 g/mol. The van der Waals surface area contributed by atoms with Gasteiger partial charge in [0, 0.05) is 51.3 Å². The highest BCUT2D eigenvalue weighted by atomic mass is 16.5. The van der Waals surface area contributed by atoms with Crippen molar-refractivity contribution in [3.8, 4) is 0 Å². The van der Waals surface area contributed by atoms with Gasteiger partial charge in [-0.05, 0) is 12.5 Å². The summed E-state index contributed by atoms with van der Waals surface area (Å²) in [5.74, 6) is 0.817. The molecule has 7 nitrogen and oxygen atoms in total. The lowest BCUT2D eigenvalue weighted by atomic mass is 10.2. The van der Waals surface area contributed by atoms with Gasteiger partial charge in [0.25, 0.3) is 0 Å². The number of morpholine rings is 1. The second kappa shape index (κ2) is 9.09. The molecule has 1 aromatic rings. The van der Waals surface area contributed by atoms with E-state index in [1.807, 2.05) is 12.1 Å². The molecule has 0 bridgehead atoms. The molecule has 1 saturated heterocycles. The van der Waals surface area contributed by atoms with E-state index in [0.29, 0.717) is 39.1 Å². The lowest BCUT2D eigenvalue weighted by Gasteiger charge is -2.29. The topological polar surface area (TPSA) is 83.6 Å². The third-order valence-electron chi connectivity index (χ3n) is 3.61. The third-order valence-corrected chi connectivity index (χ3v) is 3.61. The molecule has 1 fully saturated rings. The van der Waals surface area contributed by atoms with E-state index in [2.05, 4.69) is 20.5 Å². The summed E-state index contributed by atoms with van der Waals surface area (Å²) in [6, 6.07) is 3.86. The monoisotopic (exact) mass is 320 g/mol. The van der Waals surface area contributed by atoms with Crippen LogP contribution in [0.3, 0.4) is 0 Å². The minimum Gasteiger partial charge on any atom is -0.378 e. The van der Waals surface area contributed by atoms with Gasteiger partial charge in [0.15, 0.2) is 0 Å². The highest BCUT2D eigenvalue weighted by Crippen LogP contribution is 2.18. The Morgan fingerprint density at radius 3 is 2.83 bits per heavy atom. The Kier molecular flexibility index (Phi) is 6.80. The maximum absolute atomic E-state index is 11.9. The number of carbonyl (C=O) groups is 2. The van der Waals surface area contributed by atoms with E-state index in [9.17, 15) is 9.59 Å². The first-order valence-electron chi connectivity index (χ1n) is 7.94. The normalized spacial score (nSPS) is 14.4. The fourth-order valence-electron chi connectivity index (χ4n) is 2.42. The van der Waals surface area contributed by atoms with Crippen molar-refractivity contribution < 1.29 is 14.3 Å². The Morgan fingerprint density at radius 2 is 2.09 bits per heavy atom.